The summed E-state index contributed by atoms with van der Waals surface area (Å²) in [6.45, 7) is 5.83. The van der Waals surface area contributed by atoms with Gasteiger partial charge in [-0.25, -0.2) is 0 Å². The zero-order valence-electron chi connectivity index (χ0n) is 15.4. The molecule has 1 fully saturated rings. The molecule has 1 heterocycles. The zero-order valence-corrected chi connectivity index (χ0v) is 15.4. The first kappa shape index (κ1) is 25.2. The van der Waals surface area contributed by atoms with E-state index in [1.54, 1.807) is 6.92 Å². The fourth-order valence-corrected chi connectivity index (χ4v) is 2.55. The van der Waals surface area contributed by atoms with Gasteiger partial charge in [0.1, 0.15) is 18.9 Å². The van der Waals surface area contributed by atoms with Crippen molar-refractivity contribution < 1.29 is 34.3 Å². The van der Waals surface area contributed by atoms with E-state index in [2.05, 4.69) is 5.32 Å². The molecule has 0 radical (unpaired) electrons. The molecule has 1 aliphatic heterocycles. The minimum absolute atomic E-state index is 0. The second kappa shape index (κ2) is 13.4. The van der Waals surface area contributed by atoms with E-state index < -0.39 is 24.6 Å². The number of carbonyl (C=O) groups is 1. The van der Waals surface area contributed by atoms with Crippen LogP contribution in [0.5, 0.6) is 0 Å². The van der Waals surface area contributed by atoms with Crippen LogP contribution in [0.15, 0.2) is 0 Å². The molecule has 0 aliphatic carbocycles. The monoisotopic (exact) mass is 379 g/mol. The smallest absolute Gasteiger partial charge is 0.221 e. The summed E-state index contributed by atoms with van der Waals surface area (Å²) in [5, 5.41) is 31.6. The number of hydrogen-bond acceptors (Lipinski definition) is 7. The third-order valence-corrected chi connectivity index (χ3v) is 4.20. The standard InChI is InChI=1S/C17H33NO7.CH4/c1-11(2)24-10-18-14(20)7-5-4-6-8-23-17-12(3)15(21)16(22)13(9-19)25-17;/h11-13,15-17,19,21-22H,4-10H2,1-3H3,(H,18,20);1H4/t12?,13?,15-,16+,17-;/m1./s1. The van der Waals surface area contributed by atoms with Gasteiger partial charge in [0.2, 0.25) is 5.91 Å². The number of aliphatic hydroxyl groups excluding tert-OH is 3. The van der Waals surface area contributed by atoms with Crippen molar-refractivity contribution in [3.05, 3.63) is 0 Å². The van der Waals surface area contributed by atoms with E-state index in [0.717, 1.165) is 19.3 Å². The van der Waals surface area contributed by atoms with Crippen molar-refractivity contribution in [2.24, 2.45) is 5.92 Å². The van der Waals surface area contributed by atoms with Gasteiger partial charge in [-0.3, -0.25) is 4.79 Å². The van der Waals surface area contributed by atoms with Crippen molar-refractivity contribution in [1.82, 2.24) is 5.32 Å². The average molecular weight is 379 g/mol. The van der Waals surface area contributed by atoms with Crippen LogP contribution in [0.2, 0.25) is 0 Å². The Morgan fingerprint density at radius 1 is 1.19 bits per heavy atom. The van der Waals surface area contributed by atoms with Gasteiger partial charge in [0.15, 0.2) is 6.29 Å². The first-order chi connectivity index (χ1) is 11.9. The predicted octanol–water partition coefficient (Wildman–Crippen LogP) is 0.773. The van der Waals surface area contributed by atoms with Crippen molar-refractivity contribution >= 4 is 5.91 Å². The van der Waals surface area contributed by atoms with Crippen LogP contribution in [0.4, 0.5) is 0 Å². The highest BCUT2D eigenvalue weighted by atomic mass is 16.7. The van der Waals surface area contributed by atoms with Crippen LogP contribution in [-0.2, 0) is 19.0 Å². The van der Waals surface area contributed by atoms with Crippen LogP contribution in [-0.4, -0.2) is 71.9 Å². The second-order valence-corrected chi connectivity index (χ2v) is 6.71. The van der Waals surface area contributed by atoms with E-state index in [9.17, 15) is 20.1 Å². The fourth-order valence-electron chi connectivity index (χ4n) is 2.55. The van der Waals surface area contributed by atoms with Gasteiger partial charge in [-0.15, -0.1) is 0 Å². The van der Waals surface area contributed by atoms with Crippen molar-refractivity contribution in [3.8, 4) is 0 Å². The Morgan fingerprint density at radius 2 is 1.88 bits per heavy atom. The van der Waals surface area contributed by atoms with Crippen LogP contribution in [0.3, 0.4) is 0 Å². The first-order valence-electron chi connectivity index (χ1n) is 8.99. The maximum Gasteiger partial charge on any atom is 0.221 e. The fraction of sp³-hybridized carbons (Fsp3) is 0.944. The summed E-state index contributed by atoms with van der Waals surface area (Å²) in [4.78, 5) is 11.6. The minimum atomic E-state index is -1.11. The lowest BCUT2D eigenvalue weighted by Crippen LogP contribution is -2.55. The lowest BCUT2D eigenvalue weighted by atomic mass is 9.92. The minimum Gasteiger partial charge on any atom is -0.394 e. The molecule has 1 rings (SSSR count). The molecule has 0 aromatic carbocycles. The van der Waals surface area contributed by atoms with Gasteiger partial charge in [-0.2, -0.15) is 0 Å². The van der Waals surface area contributed by atoms with Crippen LogP contribution in [0.25, 0.3) is 0 Å². The summed E-state index contributed by atoms with van der Waals surface area (Å²) >= 11 is 0. The highest BCUT2D eigenvalue weighted by Crippen LogP contribution is 2.26. The summed E-state index contributed by atoms with van der Waals surface area (Å²) in [6.07, 6.45) is -0.745. The molecule has 1 amide bonds. The predicted molar refractivity (Wildman–Crippen MR) is 97.3 cm³/mol. The molecule has 1 aliphatic rings. The molecular weight excluding hydrogens is 342 g/mol. The molecule has 2 unspecified atom stereocenters. The zero-order chi connectivity index (χ0) is 18.8. The van der Waals surface area contributed by atoms with Crippen LogP contribution in [0.1, 0.15) is 53.9 Å². The Hall–Kier alpha value is -0.770. The number of rotatable bonds is 11. The second-order valence-electron chi connectivity index (χ2n) is 6.71. The number of amides is 1. The van der Waals surface area contributed by atoms with Gasteiger partial charge in [0, 0.05) is 18.9 Å². The molecule has 0 spiro atoms. The average Bonchev–Trinajstić information content (AvgIpc) is 2.57. The van der Waals surface area contributed by atoms with Crippen LogP contribution < -0.4 is 5.32 Å². The molecule has 1 saturated heterocycles. The Bertz CT molecular complexity index is 379. The Balaban J connectivity index is 0.00000625. The van der Waals surface area contributed by atoms with Gasteiger partial charge in [0.25, 0.3) is 0 Å². The number of hydrogen-bond donors (Lipinski definition) is 4. The van der Waals surface area contributed by atoms with E-state index in [-0.39, 0.29) is 38.7 Å². The third-order valence-electron chi connectivity index (χ3n) is 4.20. The van der Waals surface area contributed by atoms with E-state index in [0.29, 0.717) is 13.0 Å². The Morgan fingerprint density at radius 3 is 2.50 bits per heavy atom. The maximum absolute atomic E-state index is 11.6. The molecule has 5 atom stereocenters. The van der Waals surface area contributed by atoms with Gasteiger partial charge in [0.05, 0.1) is 18.8 Å². The Kier molecular flexibility index (Phi) is 13.0. The van der Waals surface area contributed by atoms with E-state index in [1.165, 1.54) is 0 Å². The first-order valence-corrected chi connectivity index (χ1v) is 8.99. The summed E-state index contributed by atoms with van der Waals surface area (Å²) in [5.74, 6) is -0.418. The van der Waals surface area contributed by atoms with E-state index >= 15 is 0 Å². The van der Waals surface area contributed by atoms with Crippen molar-refractivity contribution in [1.29, 1.82) is 0 Å². The molecule has 0 aromatic heterocycles. The largest absolute Gasteiger partial charge is 0.394 e. The molecule has 0 aromatic rings. The van der Waals surface area contributed by atoms with Crippen LogP contribution >= 0.6 is 0 Å². The normalized spacial score (nSPS) is 28.7. The quantitative estimate of drug-likeness (QED) is 0.309. The third kappa shape index (κ3) is 8.75. The van der Waals surface area contributed by atoms with Gasteiger partial charge in [-0.05, 0) is 26.7 Å². The Labute approximate surface area is 156 Å². The highest BCUT2D eigenvalue weighted by Gasteiger charge is 2.42. The van der Waals surface area contributed by atoms with Crippen molar-refractivity contribution in [3.63, 3.8) is 0 Å². The molecule has 8 nitrogen and oxygen atoms in total. The van der Waals surface area contributed by atoms with Crippen molar-refractivity contribution in [2.45, 2.75) is 84.6 Å². The molecule has 8 heteroatoms. The number of unbranched alkanes of at least 4 members (excludes halogenated alkanes) is 2. The number of aliphatic hydroxyl groups is 3. The molecule has 26 heavy (non-hydrogen) atoms. The lowest BCUT2D eigenvalue weighted by Gasteiger charge is -2.40. The van der Waals surface area contributed by atoms with Crippen molar-refractivity contribution in [2.75, 3.05) is 19.9 Å². The number of nitrogens with one attached hydrogen (secondary N) is 1. The molecule has 0 bridgehead atoms. The summed E-state index contributed by atoms with van der Waals surface area (Å²) in [5.41, 5.74) is 0. The van der Waals surface area contributed by atoms with Gasteiger partial charge in [-0.1, -0.05) is 20.8 Å². The SMILES string of the molecule is C.CC(C)OCNC(=O)CCCCCO[C@@H]1OC(CO)[C@H](O)[C@H](O)C1C. The maximum atomic E-state index is 11.6. The van der Waals surface area contributed by atoms with Crippen LogP contribution in [0, 0.1) is 5.92 Å². The summed E-state index contributed by atoms with van der Waals surface area (Å²) in [6, 6.07) is 0. The van der Waals surface area contributed by atoms with E-state index in [1.807, 2.05) is 13.8 Å². The topological polar surface area (TPSA) is 117 Å². The number of ether oxygens (including phenoxy) is 3. The van der Waals surface area contributed by atoms with Gasteiger partial charge >= 0.3 is 0 Å². The van der Waals surface area contributed by atoms with Gasteiger partial charge < -0.3 is 34.8 Å². The highest BCUT2D eigenvalue weighted by molar-refractivity contribution is 5.75. The van der Waals surface area contributed by atoms with E-state index in [4.69, 9.17) is 14.2 Å². The molecule has 0 saturated carbocycles. The molecular formula is C18H37NO7. The molecule has 156 valence electrons. The number of carbonyl (C=O) groups excluding carboxylic acids is 1. The summed E-state index contributed by atoms with van der Waals surface area (Å²) < 4.78 is 16.3. The summed E-state index contributed by atoms with van der Waals surface area (Å²) in [7, 11) is 0. The molecule has 4 N–H and O–H groups in total. The lowest BCUT2D eigenvalue weighted by molar-refractivity contribution is -0.282.